The number of hydrogen-bond acceptors (Lipinski definition) is 3. The topological polar surface area (TPSA) is 62.5 Å². The van der Waals surface area contributed by atoms with E-state index in [1.807, 2.05) is 13.8 Å². The molecule has 29 heavy (non-hydrogen) atoms. The van der Waals surface area contributed by atoms with E-state index in [2.05, 4.69) is 88.4 Å². The molecule has 5 heteroatoms. The van der Waals surface area contributed by atoms with Gasteiger partial charge in [0.15, 0.2) is 5.96 Å². The summed E-state index contributed by atoms with van der Waals surface area (Å²) in [6, 6.07) is 21.2. The third kappa shape index (κ3) is 5.25. The molecule has 1 unspecified atom stereocenters. The van der Waals surface area contributed by atoms with Crippen molar-refractivity contribution in [3.05, 3.63) is 88.8 Å². The summed E-state index contributed by atoms with van der Waals surface area (Å²) in [5.74, 6) is 2.20. The van der Waals surface area contributed by atoms with Crippen molar-refractivity contribution in [3.63, 3.8) is 0 Å². The van der Waals surface area contributed by atoms with Gasteiger partial charge in [-0.1, -0.05) is 72.7 Å². The zero-order chi connectivity index (χ0) is 20.6. The second-order valence-corrected chi connectivity index (χ2v) is 7.35. The number of aliphatic imine (C=N–C) groups is 1. The van der Waals surface area contributed by atoms with E-state index in [1.165, 1.54) is 16.7 Å². The van der Waals surface area contributed by atoms with Gasteiger partial charge in [-0.05, 0) is 25.0 Å². The third-order valence-electron chi connectivity index (χ3n) is 5.26. The van der Waals surface area contributed by atoms with Gasteiger partial charge in [-0.2, -0.15) is 0 Å². The molecule has 5 nitrogen and oxygen atoms in total. The summed E-state index contributed by atoms with van der Waals surface area (Å²) in [6.07, 6.45) is 0. The fourth-order valence-electron chi connectivity index (χ4n) is 3.76. The lowest BCUT2D eigenvalue weighted by Crippen LogP contribution is -2.41. The van der Waals surface area contributed by atoms with Crippen LogP contribution in [0, 0.1) is 13.8 Å². The van der Waals surface area contributed by atoms with Gasteiger partial charge in [0.05, 0.1) is 5.69 Å². The lowest BCUT2D eigenvalue weighted by atomic mass is 9.91. The summed E-state index contributed by atoms with van der Waals surface area (Å²) >= 11 is 0. The highest BCUT2D eigenvalue weighted by Crippen LogP contribution is 2.24. The minimum absolute atomic E-state index is 0.246. The van der Waals surface area contributed by atoms with Crippen LogP contribution < -0.4 is 10.6 Å². The van der Waals surface area contributed by atoms with Crippen molar-refractivity contribution in [1.82, 2.24) is 15.8 Å². The zero-order valence-electron chi connectivity index (χ0n) is 17.6. The van der Waals surface area contributed by atoms with Gasteiger partial charge < -0.3 is 15.2 Å². The molecule has 152 valence electrons. The number of aryl methyl sites for hydroxylation is 2. The van der Waals surface area contributed by atoms with Crippen LogP contribution in [0.5, 0.6) is 0 Å². The van der Waals surface area contributed by atoms with Crippen molar-refractivity contribution in [2.24, 2.45) is 4.99 Å². The van der Waals surface area contributed by atoms with Crippen LogP contribution in [-0.2, 0) is 0 Å². The lowest BCUT2D eigenvalue weighted by molar-refractivity contribution is 0.391. The Kier molecular flexibility index (Phi) is 7.06. The standard InChI is InChI=1S/C24H30N4O/c1-17(23-18(2)28-29-19(23)3)15-26-24(25-4)27-16-22(20-11-7-5-8-12-20)21-13-9-6-10-14-21/h5-14,17,22H,15-16H2,1-4H3,(H2,25,26,27). The van der Waals surface area contributed by atoms with Crippen molar-refractivity contribution < 1.29 is 4.52 Å². The van der Waals surface area contributed by atoms with Crippen LogP contribution in [0.1, 0.15) is 46.9 Å². The van der Waals surface area contributed by atoms with Crippen LogP contribution >= 0.6 is 0 Å². The summed E-state index contributed by atoms with van der Waals surface area (Å²) in [5, 5.41) is 11.0. The van der Waals surface area contributed by atoms with Gasteiger partial charge in [0, 0.05) is 37.5 Å². The first kappa shape index (κ1) is 20.6. The van der Waals surface area contributed by atoms with Crippen molar-refractivity contribution in [2.45, 2.75) is 32.6 Å². The third-order valence-corrected chi connectivity index (χ3v) is 5.26. The summed E-state index contributed by atoms with van der Waals surface area (Å²) in [6.45, 7) is 7.63. The normalized spacial score (nSPS) is 12.8. The van der Waals surface area contributed by atoms with Crippen molar-refractivity contribution in [2.75, 3.05) is 20.1 Å². The van der Waals surface area contributed by atoms with E-state index in [9.17, 15) is 0 Å². The largest absolute Gasteiger partial charge is 0.361 e. The Morgan fingerprint density at radius 2 is 1.48 bits per heavy atom. The molecular weight excluding hydrogens is 360 g/mol. The average molecular weight is 391 g/mol. The number of guanidine groups is 1. The first-order valence-electron chi connectivity index (χ1n) is 10.1. The van der Waals surface area contributed by atoms with E-state index < -0.39 is 0 Å². The van der Waals surface area contributed by atoms with E-state index in [-0.39, 0.29) is 11.8 Å². The van der Waals surface area contributed by atoms with Crippen LogP contribution in [0.15, 0.2) is 70.2 Å². The van der Waals surface area contributed by atoms with Gasteiger partial charge in [-0.3, -0.25) is 4.99 Å². The number of nitrogens with one attached hydrogen (secondary N) is 2. The van der Waals surface area contributed by atoms with Crippen molar-refractivity contribution in [1.29, 1.82) is 0 Å². The van der Waals surface area contributed by atoms with Crippen molar-refractivity contribution >= 4 is 5.96 Å². The maximum Gasteiger partial charge on any atom is 0.191 e. The first-order valence-corrected chi connectivity index (χ1v) is 10.1. The number of benzene rings is 2. The second kappa shape index (κ2) is 9.92. The van der Waals surface area contributed by atoms with E-state index in [0.717, 1.165) is 30.5 Å². The zero-order valence-corrected chi connectivity index (χ0v) is 17.6. The van der Waals surface area contributed by atoms with E-state index in [1.54, 1.807) is 7.05 Å². The molecule has 2 aromatic carbocycles. The molecule has 0 fully saturated rings. The van der Waals surface area contributed by atoms with Crippen LogP contribution in [0.3, 0.4) is 0 Å². The van der Waals surface area contributed by atoms with Crippen LogP contribution in [-0.4, -0.2) is 31.3 Å². The molecule has 2 N–H and O–H groups in total. The molecule has 0 aliphatic carbocycles. The van der Waals surface area contributed by atoms with Gasteiger partial charge in [0.1, 0.15) is 5.76 Å². The summed E-state index contributed by atoms with van der Waals surface area (Å²) in [5.41, 5.74) is 4.68. The molecule has 0 aliphatic rings. The molecule has 0 amide bonds. The first-order chi connectivity index (χ1) is 14.1. The van der Waals surface area contributed by atoms with Crippen LogP contribution in [0.2, 0.25) is 0 Å². The monoisotopic (exact) mass is 390 g/mol. The van der Waals surface area contributed by atoms with Gasteiger partial charge in [-0.25, -0.2) is 0 Å². The Bertz CT molecular complexity index is 860. The molecule has 1 heterocycles. The number of aromatic nitrogens is 1. The highest BCUT2D eigenvalue weighted by molar-refractivity contribution is 5.79. The SMILES string of the molecule is CN=C(NCC(C)c1c(C)noc1C)NCC(c1ccccc1)c1ccccc1. The quantitative estimate of drug-likeness (QED) is 0.464. The highest BCUT2D eigenvalue weighted by Gasteiger charge is 2.18. The Hall–Kier alpha value is -3.08. The predicted octanol–water partition coefficient (Wildman–Crippen LogP) is 4.39. The molecule has 0 spiro atoms. The summed E-state index contributed by atoms with van der Waals surface area (Å²) in [7, 11) is 1.80. The smallest absolute Gasteiger partial charge is 0.191 e. The van der Waals surface area contributed by atoms with Gasteiger partial charge >= 0.3 is 0 Å². The highest BCUT2D eigenvalue weighted by atomic mass is 16.5. The average Bonchev–Trinajstić information content (AvgIpc) is 3.10. The van der Waals surface area contributed by atoms with Crippen LogP contribution in [0.4, 0.5) is 0 Å². The fourth-order valence-corrected chi connectivity index (χ4v) is 3.76. The lowest BCUT2D eigenvalue weighted by Gasteiger charge is -2.21. The number of nitrogens with zero attached hydrogens (tertiary/aromatic N) is 2. The molecular formula is C24H30N4O. The molecule has 0 bridgehead atoms. The maximum absolute atomic E-state index is 5.30. The Labute approximate surface area is 173 Å². The predicted molar refractivity (Wildman–Crippen MR) is 118 cm³/mol. The molecule has 1 atom stereocenters. The molecule has 0 aliphatic heterocycles. The Balaban J connectivity index is 1.65. The van der Waals surface area contributed by atoms with Crippen LogP contribution in [0.25, 0.3) is 0 Å². The second-order valence-electron chi connectivity index (χ2n) is 7.35. The van der Waals surface area contributed by atoms with E-state index in [4.69, 9.17) is 4.52 Å². The molecule has 0 radical (unpaired) electrons. The number of hydrogen-bond donors (Lipinski definition) is 2. The minimum atomic E-state index is 0.246. The van der Waals surface area contributed by atoms with Gasteiger partial charge in [0.25, 0.3) is 0 Å². The van der Waals surface area contributed by atoms with Gasteiger partial charge in [0.2, 0.25) is 0 Å². The fraction of sp³-hybridized carbons (Fsp3) is 0.333. The molecule has 3 aromatic rings. The number of rotatable bonds is 7. The molecule has 0 saturated heterocycles. The molecule has 1 aromatic heterocycles. The summed E-state index contributed by atoms with van der Waals surface area (Å²) < 4.78 is 5.30. The maximum atomic E-state index is 5.30. The van der Waals surface area contributed by atoms with E-state index in [0.29, 0.717) is 0 Å². The molecule has 0 saturated carbocycles. The van der Waals surface area contributed by atoms with Crippen molar-refractivity contribution in [3.8, 4) is 0 Å². The Morgan fingerprint density at radius 3 is 1.97 bits per heavy atom. The molecule has 3 rings (SSSR count). The Morgan fingerprint density at radius 1 is 0.931 bits per heavy atom. The minimum Gasteiger partial charge on any atom is -0.361 e. The van der Waals surface area contributed by atoms with Gasteiger partial charge in [-0.15, -0.1) is 0 Å². The summed E-state index contributed by atoms with van der Waals surface area (Å²) in [4.78, 5) is 4.40. The van der Waals surface area contributed by atoms with E-state index >= 15 is 0 Å².